The number of hydrogen-bond donors (Lipinski definition) is 1. The molecule has 0 fully saturated rings. The van der Waals surface area contributed by atoms with E-state index < -0.39 is 0 Å². The predicted molar refractivity (Wildman–Crippen MR) is 101 cm³/mol. The van der Waals surface area contributed by atoms with Crippen molar-refractivity contribution in [2.45, 2.75) is 6.54 Å². The van der Waals surface area contributed by atoms with Gasteiger partial charge in [-0.05, 0) is 17.7 Å². The zero-order chi connectivity index (χ0) is 18.6. The maximum Gasteiger partial charge on any atom is 0.275 e. The third kappa shape index (κ3) is 3.40. The minimum absolute atomic E-state index is 0.344. The molecule has 134 valence electrons. The fraction of sp³-hybridized carbons (Fsp3) is 0.100. The van der Waals surface area contributed by atoms with Gasteiger partial charge in [0.15, 0.2) is 5.65 Å². The Bertz CT molecular complexity index is 1080. The van der Waals surface area contributed by atoms with E-state index in [4.69, 9.17) is 9.82 Å². The van der Waals surface area contributed by atoms with E-state index in [-0.39, 0.29) is 5.91 Å². The molecule has 0 aliphatic heterocycles. The van der Waals surface area contributed by atoms with Crippen LogP contribution in [0.15, 0.2) is 67.1 Å². The zero-order valence-electron chi connectivity index (χ0n) is 14.7. The van der Waals surface area contributed by atoms with Crippen LogP contribution in [0, 0.1) is 0 Å². The summed E-state index contributed by atoms with van der Waals surface area (Å²) in [5.41, 5.74) is 6.07. The molecule has 1 amide bonds. The lowest BCUT2D eigenvalue weighted by Gasteiger charge is -2.09. The third-order valence-electron chi connectivity index (χ3n) is 4.17. The number of rotatable bonds is 5. The van der Waals surface area contributed by atoms with Crippen LogP contribution in [0.4, 0.5) is 0 Å². The van der Waals surface area contributed by atoms with Gasteiger partial charge in [0.1, 0.15) is 0 Å². The Balaban J connectivity index is 1.87. The minimum atomic E-state index is -0.344. The Morgan fingerprint density at radius 3 is 2.74 bits per heavy atom. The molecule has 0 unspecified atom stereocenters. The number of nitrogens with one attached hydrogen (secondary N) is 1. The highest BCUT2D eigenvalue weighted by Gasteiger charge is 2.17. The van der Waals surface area contributed by atoms with E-state index in [0.29, 0.717) is 28.8 Å². The van der Waals surface area contributed by atoms with Crippen LogP contribution in [0.25, 0.3) is 22.3 Å². The summed E-state index contributed by atoms with van der Waals surface area (Å²) >= 11 is 0. The van der Waals surface area contributed by atoms with Gasteiger partial charge in [-0.1, -0.05) is 36.4 Å². The maximum atomic E-state index is 12.5. The highest BCUT2D eigenvalue weighted by molar-refractivity contribution is 6.06. The molecule has 0 spiro atoms. The Hall–Kier alpha value is -3.58. The molecule has 0 aliphatic rings. The average molecular weight is 359 g/mol. The molecule has 0 saturated carbocycles. The molecule has 0 atom stereocenters. The third-order valence-corrected chi connectivity index (χ3v) is 4.17. The van der Waals surface area contributed by atoms with Gasteiger partial charge in [-0.3, -0.25) is 14.6 Å². The van der Waals surface area contributed by atoms with Crippen LogP contribution in [0.3, 0.4) is 0 Å². The summed E-state index contributed by atoms with van der Waals surface area (Å²) in [6.07, 6.45) is 5.16. The van der Waals surface area contributed by atoms with Gasteiger partial charge in [-0.15, -0.1) is 0 Å². The van der Waals surface area contributed by atoms with Crippen molar-refractivity contribution in [1.82, 2.24) is 25.2 Å². The highest BCUT2D eigenvalue weighted by atomic mass is 16.6. The summed E-state index contributed by atoms with van der Waals surface area (Å²) in [5, 5.41) is 5.09. The number of pyridine rings is 2. The van der Waals surface area contributed by atoms with Crippen molar-refractivity contribution in [3.8, 4) is 11.3 Å². The van der Waals surface area contributed by atoms with E-state index in [1.807, 2.05) is 42.5 Å². The topological polar surface area (TPSA) is 81.9 Å². The first-order valence-electron chi connectivity index (χ1n) is 8.40. The summed E-state index contributed by atoms with van der Waals surface area (Å²) in [4.78, 5) is 26.2. The van der Waals surface area contributed by atoms with Crippen LogP contribution >= 0.6 is 0 Å². The molecular formula is C20H17N5O2. The first kappa shape index (κ1) is 16.9. The summed E-state index contributed by atoms with van der Waals surface area (Å²) < 4.78 is 1.77. The van der Waals surface area contributed by atoms with Crippen LogP contribution in [0.2, 0.25) is 0 Å². The van der Waals surface area contributed by atoms with Gasteiger partial charge in [-0.25, -0.2) is 15.1 Å². The quantitative estimate of drug-likeness (QED) is 0.554. The van der Waals surface area contributed by atoms with E-state index in [1.165, 1.54) is 7.11 Å². The lowest BCUT2D eigenvalue weighted by Crippen LogP contribution is -2.22. The second-order valence-corrected chi connectivity index (χ2v) is 5.96. The van der Waals surface area contributed by atoms with E-state index in [2.05, 4.69) is 15.6 Å². The van der Waals surface area contributed by atoms with Crippen molar-refractivity contribution in [2.24, 2.45) is 0 Å². The largest absolute Gasteiger partial charge is 0.277 e. The molecule has 0 aliphatic carbocycles. The van der Waals surface area contributed by atoms with Gasteiger partial charge in [0.2, 0.25) is 0 Å². The monoisotopic (exact) mass is 359 g/mol. The number of hydroxylamine groups is 1. The first-order valence-corrected chi connectivity index (χ1v) is 8.40. The zero-order valence-corrected chi connectivity index (χ0v) is 14.7. The van der Waals surface area contributed by atoms with Crippen molar-refractivity contribution in [2.75, 3.05) is 7.11 Å². The van der Waals surface area contributed by atoms with Crippen molar-refractivity contribution in [3.63, 3.8) is 0 Å². The summed E-state index contributed by atoms with van der Waals surface area (Å²) in [7, 11) is 1.40. The SMILES string of the molecule is CONC(=O)c1cc(-c2ccccc2)nc2c1cnn2Cc1cccnc1. The molecule has 1 aromatic carbocycles. The summed E-state index contributed by atoms with van der Waals surface area (Å²) in [6.45, 7) is 0.508. The smallest absolute Gasteiger partial charge is 0.275 e. The van der Waals surface area contributed by atoms with Crippen LogP contribution in [0.1, 0.15) is 15.9 Å². The highest BCUT2D eigenvalue weighted by Crippen LogP contribution is 2.25. The number of amides is 1. The van der Waals surface area contributed by atoms with E-state index in [1.54, 1.807) is 29.3 Å². The fourth-order valence-electron chi connectivity index (χ4n) is 2.92. The standard InChI is InChI=1S/C20H17N5O2/c1-27-24-20(26)16-10-18(15-7-3-2-4-8-15)23-19-17(16)12-22-25(19)13-14-6-5-9-21-11-14/h2-12H,13H2,1H3,(H,24,26). The number of hydrogen-bond acceptors (Lipinski definition) is 5. The van der Waals surface area contributed by atoms with Crippen molar-refractivity contribution in [3.05, 3.63) is 78.2 Å². The number of nitrogens with zero attached hydrogens (tertiary/aromatic N) is 4. The molecular weight excluding hydrogens is 342 g/mol. The van der Waals surface area contributed by atoms with Crippen molar-refractivity contribution in [1.29, 1.82) is 0 Å². The van der Waals surface area contributed by atoms with Gasteiger partial charge in [0, 0.05) is 18.0 Å². The van der Waals surface area contributed by atoms with Gasteiger partial charge in [0.05, 0.1) is 36.5 Å². The van der Waals surface area contributed by atoms with Crippen LogP contribution in [0.5, 0.6) is 0 Å². The number of benzene rings is 1. The number of aromatic nitrogens is 4. The van der Waals surface area contributed by atoms with Crippen LogP contribution < -0.4 is 5.48 Å². The Kier molecular flexibility index (Phi) is 4.59. The van der Waals surface area contributed by atoms with Crippen LogP contribution in [-0.4, -0.2) is 32.8 Å². The van der Waals surface area contributed by atoms with Gasteiger partial charge in [-0.2, -0.15) is 5.10 Å². The van der Waals surface area contributed by atoms with Crippen LogP contribution in [-0.2, 0) is 11.4 Å². The molecule has 3 aromatic heterocycles. The van der Waals surface area contributed by atoms with E-state index in [9.17, 15) is 4.79 Å². The lowest BCUT2D eigenvalue weighted by molar-refractivity contribution is 0.0539. The second-order valence-electron chi connectivity index (χ2n) is 5.96. The molecule has 0 saturated heterocycles. The molecule has 0 bridgehead atoms. The molecule has 27 heavy (non-hydrogen) atoms. The normalized spacial score (nSPS) is 10.9. The van der Waals surface area contributed by atoms with Gasteiger partial charge < -0.3 is 0 Å². The number of carbonyl (C=O) groups is 1. The van der Waals surface area contributed by atoms with Crippen molar-refractivity contribution >= 4 is 16.9 Å². The van der Waals surface area contributed by atoms with E-state index in [0.717, 1.165) is 11.1 Å². The Morgan fingerprint density at radius 2 is 2.00 bits per heavy atom. The number of carbonyl (C=O) groups excluding carboxylic acids is 1. The molecule has 7 nitrogen and oxygen atoms in total. The van der Waals surface area contributed by atoms with E-state index >= 15 is 0 Å². The molecule has 1 N–H and O–H groups in total. The summed E-state index contributed by atoms with van der Waals surface area (Å²) in [6, 6.07) is 15.3. The molecule has 0 radical (unpaired) electrons. The lowest BCUT2D eigenvalue weighted by atomic mass is 10.1. The Morgan fingerprint density at radius 1 is 1.15 bits per heavy atom. The van der Waals surface area contributed by atoms with Gasteiger partial charge in [0.25, 0.3) is 5.91 Å². The molecule has 4 aromatic rings. The van der Waals surface area contributed by atoms with Crippen molar-refractivity contribution < 1.29 is 9.63 Å². The molecule has 7 heteroatoms. The fourth-order valence-corrected chi connectivity index (χ4v) is 2.92. The first-order chi connectivity index (χ1) is 13.3. The molecule has 4 rings (SSSR count). The number of fused-ring (bicyclic) bond motifs is 1. The minimum Gasteiger partial charge on any atom is -0.277 e. The Labute approximate surface area is 155 Å². The predicted octanol–water partition coefficient (Wildman–Crippen LogP) is 2.83. The summed E-state index contributed by atoms with van der Waals surface area (Å²) in [5.74, 6) is -0.344. The average Bonchev–Trinajstić information content (AvgIpc) is 3.11. The maximum absolute atomic E-state index is 12.5. The second kappa shape index (κ2) is 7.35. The van der Waals surface area contributed by atoms with Gasteiger partial charge >= 0.3 is 0 Å². The molecule has 3 heterocycles.